The van der Waals surface area contributed by atoms with Gasteiger partial charge in [-0.2, -0.15) is 45.0 Å². The number of tetrazole rings is 1. The second-order valence-electron chi connectivity index (χ2n) is 31.6. The van der Waals surface area contributed by atoms with Crippen molar-refractivity contribution in [1.82, 2.24) is 107 Å². The number of aryl methyl sites for hydroxylation is 2. The number of carbonyl (C=O) groups is 2. The lowest BCUT2D eigenvalue weighted by Gasteiger charge is -2.17. The molecule has 17 aromatic rings. The number of aromatic nitrogens is 21. The van der Waals surface area contributed by atoms with Crippen LogP contribution in [-0.2, 0) is 61.9 Å². The molecule has 0 bridgehead atoms. The molecule has 1 atom stereocenters. The molecule has 0 radical (unpaired) electrons. The second-order valence-corrected chi connectivity index (χ2v) is 33.6. The van der Waals surface area contributed by atoms with Crippen molar-refractivity contribution in [2.75, 3.05) is 28.4 Å². The molecule has 49 heteroatoms. The van der Waals surface area contributed by atoms with Gasteiger partial charge in [-0.15, -0.1) is 10.2 Å². The van der Waals surface area contributed by atoms with Crippen molar-refractivity contribution in [2.24, 2.45) is 0 Å². The van der Waals surface area contributed by atoms with Crippen molar-refractivity contribution in [1.29, 1.82) is 10.5 Å². The van der Waals surface area contributed by atoms with Crippen LogP contribution < -0.4 is 91.0 Å². The van der Waals surface area contributed by atoms with Crippen LogP contribution in [0.3, 0.4) is 0 Å². The van der Waals surface area contributed by atoms with Gasteiger partial charge in [-0.3, -0.25) is 33.2 Å². The second kappa shape index (κ2) is 49.9. The molecule has 148 heavy (non-hydrogen) atoms. The Balaban J connectivity index is 0.000000156. The fraction of sp³-hybridized carbons (Fsp3) is 0.172. The molecular weight excluding hydrogens is 1990 g/mol. The molecule has 8 aromatic carbocycles. The molecule has 0 saturated heterocycles. The van der Waals surface area contributed by atoms with Crippen LogP contribution in [0.4, 0.5) is 50.9 Å². The zero-order valence-corrected chi connectivity index (χ0v) is 82.2. The van der Waals surface area contributed by atoms with E-state index in [1.54, 1.807) is 210 Å². The number of methoxy groups -OCH3 is 1. The number of rotatable bonds is 34. The number of hydrogen-bond acceptors (Lipinski definition) is 35. The van der Waals surface area contributed by atoms with Gasteiger partial charge >= 0.3 is 51.5 Å². The summed E-state index contributed by atoms with van der Waals surface area (Å²) >= 11 is 18.9. The van der Waals surface area contributed by atoms with Crippen molar-refractivity contribution in [3.05, 3.63) is 392 Å². The van der Waals surface area contributed by atoms with Crippen LogP contribution in [0.5, 0.6) is 45.8 Å². The number of aliphatic hydroxyl groups is 1. The number of aromatic amines is 1. The van der Waals surface area contributed by atoms with Gasteiger partial charge in [0.05, 0.1) is 57.9 Å². The number of ether oxygens (including phenoxy) is 5. The third kappa shape index (κ3) is 28.2. The van der Waals surface area contributed by atoms with E-state index in [9.17, 15) is 57.4 Å². The number of hydrogen-bond donors (Lipinski definition) is 7. The van der Waals surface area contributed by atoms with E-state index in [4.69, 9.17) is 64.3 Å². The van der Waals surface area contributed by atoms with E-state index >= 15 is 0 Å². The van der Waals surface area contributed by atoms with E-state index < -0.39 is 69.3 Å². The zero-order chi connectivity index (χ0) is 105. The van der Waals surface area contributed by atoms with Crippen molar-refractivity contribution < 1.29 is 42.8 Å². The molecule has 9 aromatic heterocycles. The maximum Gasteiger partial charge on any atom is 0.355 e. The summed E-state index contributed by atoms with van der Waals surface area (Å²) in [6, 6.07) is 67.9. The van der Waals surface area contributed by atoms with E-state index in [0.29, 0.717) is 90.5 Å². The minimum atomic E-state index is -0.890. The van der Waals surface area contributed by atoms with Crippen molar-refractivity contribution in [3.8, 4) is 69.6 Å². The quantitative estimate of drug-likeness (QED) is 0.0112. The molecule has 7 N–H and O–H groups in total. The number of aliphatic hydroxyl groups excluding tert-OH is 1. The van der Waals surface area contributed by atoms with Gasteiger partial charge in [-0.1, -0.05) is 120 Å². The average Bonchev–Trinajstić information content (AvgIpc) is 0.895. The van der Waals surface area contributed by atoms with Crippen LogP contribution in [-0.4, -0.2) is 132 Å². The molecule has 0 spiro atoms. The fourth-order valence-corrected chi connectivity index (χ4v) is 14.6. The maximum atomic E-state index is 14.7. The lowest BCUT2D eigenvalue weighted by Crippen LogP contribution is -2.44. The number of nitrogens with zero attached hydrogens (tertiary/aromatic N) is 22. The largest absolute Gasteiger partial charge is 0.469 e. The van der Waals surface area contributed by atoms with Gasteiger partial charge in [0.25, 0.3) is 11.1 Å². The molecule has 0 aliphatic carbocycles. The Morgan fingerprint density at radius 1 is 0.486 bits per heavy atom. The number of nitriles is 2. The van der Waals surface area contributed by atoms with E-state index in [1.165, 1.54) is 49.8 Å². The van der Waals surface area contributed by atoms with Crippen molar-refractivity contribution >= 4 is 105 Å². The van der Waals surface area contributed by atoms with Gasteiger partial charge in [0.15, 0.2) is 17.8 Å². The topological polar surface area (TPSA) is 555 Å². The van der Waals surface area contributed by atoms with Crippen LogP contribution in [0.15, 0.2) is 281 Å². The molecule has 0 fully saturated rings. The lowest BCUT2D eigenvalue weighted by atomic mass is 10.1. The van der Waals surface area contributed by atoms with Gasteiger partial charge in [0, 0.05) is 99.4 Å². The number of nitrogens with one attached hydrogen (secondary N) is 6. The number of pyridine rings is 3. The molecule has 1 amide bonds. The van der Waals surface area contributed by atoms with Crippen LogP contribution >= 0.6 is 46.3 Å². The molecule has 17 rings (SSSR count). The summed E-state index contributed by atoms with van der Waals surface area (Å²) in [7, 11) is 1.24. The first-order chi connectivity index (χ1) is 71.4. The summed E-state index contributed by atoms with van der Waals surface area (Å²) < 4.78 is 55.3. The van der Waals surface area contributed by atoms with Crippen molar-refractivity contribution in [2.45, 2.75) is 106 Å². The van der Waals surface area contributed by atoms with E-state index in [0.717, 1.165) is 63.7 Å². The van der Waals surface area contributed by atoms with Crippen LogP contribution in [0.25, 0.3) is 11.5 Å². The minimum Gasteiger partial charge on any atom is -0.469 e. The third-order valence-corrected chi connectivity index (χ3v) is 22.7. The highest BCUT2D eigenvalue weighted by Crippen LogP contribution is 2.32. The lowest BCUT2D eigenvalue weighted by molar-refractivity contribution is -0.140. The number of H-pyrrole nitrogens is 1. The predicted molar refractivity (Wildman–Crippen MR) is 545 cm³/mol. The van der Waals surface area contributed by atoms with E-state index in [1.807, 2.05) is 54.7 Å². The summed E-state index contributed by atoms with van der Waals surface area (Å²) in [5.41, 5.74) is 2.01. The Labute approximate surface area is 856 Å². The Morgan fingerprint density at radius 3 is 1.34 bits per heavy atom. The van der Waals surface area contributed by atoms with Gasteiger partial charge in [0.2, 0.25) is 47.3 Å². The molecular formula is C99H86Cl3FN28O16S. The molecule has 0 aliphatic rings. The third-order valence-electron chi connectivity index (χ3n) is 21.3. The first-order valence-electron chi connectivity index (χ1n) is 44.8. The molecule has 752 valence electrons. The van der Waals surface area contributed by atoms with Crippen molar-refractivity contribution in [3.63, 3.8) is 0 Å². The first-order valence-corrected chi connectivity index (χ1v) is 46.7. The van der Waals surface area contributed by atoms with Gasteiger partial charge in [-0.05, 0) is 201 Å². The van der Waals surface area contributed by atoms with Gasteiger partial charge in [-0.25, -0.2) is 76.0 Å². The minimum absolute atomic E-state index is 0.0314. The van der Waals surface area contributed by atoms with Crippen LogP contribution in [0.1, 0.15) is 83.3 Å². The Bertz CT molecular complexity index is 8220. The normalized spacial score (nSPS) is 10.9. The summed E-state index contributed by atoms with van der Waals surface area (Å²) in [4.78, 5) is 159. The number of benzene rings is 8. The molecule has 0 unspecified atom stereocenters. The Hall–Kier alpha value is -18.6. The highest BCUT2D eigenvalue weighted by Gasteiger charge is 2.23. The van der Waals surface area contributed by atoms with Crippen LogP contribution in [0, 0.1) is 42.5 Å². The highest BCUT2D eigenvalue weighted by molar-refractivity contribution is 7.07. The molecule has 9 heterocycles. The maximum absolute atomic E-state index is 14.7. The number of carbonyl (C=O) groups excluding carboxylic acids is 2. The van der Waals surface area contributed by atoms with Gasteiger partial charge < -0.3 is 50.1 Å². The Kier molecular flexibility index (Phi) is 35.4. The first kappa shape index (κ1) is 105. The number of anilines is 8. The fourth-order valence-electron chi connectivity index (χ4n) is 13.7. The summed E-state index contributed by atoms with van der Waals surface area (Å²) in [6.45, 7) is 9.43. The Morgan fingerprint density at radius 2 is 0.919 bits per heavy atom. The smallest absolute Gasteiger partial charge is 0.355 e. The highest BCUT2D eigenvalue weighted by atomic mass is 35.5. The number of amides is 1. The number of halogens is 4. The number of esters is 1. The summed E-state index contributed by atoms with van der Waals surface area (Å²) in [6.07, 6.45) is 2.29. The molecule has 0 aliphatic heterocycles. The standard InChI is InChI=1S/C27H24N6O5.C25H20ClN7O4.C24H20ClN9O3.C23H22ClFN6O4S/c1-18-3-5-19(6-4-18)17-33-25(31-26(35)32(27(33)36)14-13-24(34)37-2)30-21-8-10-22(11-9-21)38-23-12-7-20(15-28)16-29-23;1-2-32-24(35)31-23(33(25(32)36)14-16-6-8-17(26)9-7-16)29-18-10-12-19(13-11-18)37-21-5-3-4-20(30-21)22(34)28-15-27;1-2-33-23(35)28-22(34(24(33)36)14-15-6-8-16(25)9-7-15)26-17-10-12-18(13-11-17)37-20-5-3-4-19(27-20)21-29-31-32-30-21;1-3-17(32)12-31-21(33)28-20(30(23(31)34)11-14-4-6-15(24)7-5-14)27-16-8-9-19(18(25)10-16)35-22-26-13(2)29-36-22/h3-12,16H,13-14,17H2,1-2H3,(H,30,31,35);3-13H,2,14H2,1H3,(H,28,34)(H,29,31,35);3-13H,2,14H2,1H3,(H,26,28,35)(H,29,30,31,32);4-10,17,32H,3,11-12H2,1-2H3,(H,27,28,33)/t;;;17-/m...1/s1. The van der Waals surface area contributed by atoms with E-state index in [2.05, 4.69) is 90.9 Å². The monoisotopic (exact) mass is 2080 g/mol. The van der Waals surface area contributed by atoms with E-state index in [-0.39, 0.29) is 111 Å². The van der Waals surface area contributed by atoms with Crippen LogP contribution in [0.2, 0.25) is 15.1 Å². The predicted octanol–water partition coefficient (Wildman–Crippen LogP) is 13.3. The average molecular weight is 2080 g/mol. The molecule has 44 nitrogen and oxygen atoms in total. The van der Waals surface area contributed by atoms with Gasteiger partial charge in [0.1, 0.15) is 40.5 Å². The SMILES string of the molecule is CC[C@@H](O)Cn1c(=O)nc(Nc2ccc(Oc3nc(C)ns3)c(F)c2)n(Cc2ccc(Cl)cc2)c1=O.CCn1c(=O)nc(Nc2ccc(Oc3cccc(-c4nn[nH]n4)n3)cc2)n(Cc2ccc(Cl)cc2)c1=O.CCn1c(=O)nc(Nc2ccc(Oc3cccc(C(=O)NC#N)n3)cc2)n(Cc2ccc(Cl)cc2)c1=O.COC(=O)CCn1c(=O)nc(Nc2ccc(Oc3ccc(C#N)cn3)cc2)n(Cc2ccc(C)cc2)c1=O. The summed E-state index contributed by atoms with van der Waals surface area (Å²) in [5.74, 6) is 1.38. The molecule has 0 saturated carbocycles. The zero-order valence-electron chi connectivity index (χ0n) is 79.1. The summed E-state index contributed by atoms with van der Waals surface area (Å²) in [5, 5.41) is 57.1.